The predicted molar refractivity (Wildman–Crippen MR) is 68.2 cm³/mol. The largest absolute Gasteiger partial charge is 0.475 e. The molecule has 1 aromatic carbocycles. The average Bonchev–Trinajstić information content (AvgIpc) is 2.86. The Morgan fingerprint density at radius 1 is 1.29 bits per heavy atom. The molecule has 0 aliphatic rings. The van der Waals surface area contributed by atoms with Crippen LogP contribution in [0.4, 0.5) is 18.9 Å². The third-order valence-corrected chi connectivity index (χ3v) is 2.80. The number of aromatic nitrogens is 1. The van der Waals surface area contributed by atoms with E-state index in [0.29, 0.717) is 5.69 Å². The summed E-state index contributed by atoms with van der Waals surface area (Å²) in [4.78, 5) is 12.4. The Morgan fingerprint density at radius 3 is 2.43 bits per heavy atom. The zero-order valence-corrected chi connectivity index (χ0v) is 11.1. The molecule has 8 heteroatoms. The minimum absolute atomic E-state index is 0.0298. The number of aromatic carboxylic acids is 1. The molecule has 0 saturated heterocycles. The molecule has 112 valence electrons. The fourth-order valence-electron chi connectivity index (χ4n) is 1.81. The number of hydrogen-bond acceptors (Lipinski definition) is 4. The molecular weight excluding hydrogens is 289 g/mol. The van der Waals surface area contributed by atoms with Gasteiger partial charge in [0, 0.05) is 31.4 Å². The Labute approximate surface area is 117 Å². The highest BCUT2D eigenvalue weighted by Crippen LogP contribution is 2.36. The maximum absolute atomic E-state index is 12.8. The molecule has 2 aromatic rings. The first-order chi connectivity index (χ1) is 9.70. The second kappa shape index (κ2) is 5.12. The summed E-state index contributed by atoms with van der Waals surface area (Å²) in [5.74, 6) is -1.78. The van der Waals surface area contributed by atoms with E-state index in [2.05, 4.69) is 9.68 Å². The molecule has 1 N–H and O–H groups in total. The SMILES string of the molecule is CN(C)c1ccc(C(F)(F)F)cc1-c1cc(C(=O)O)on1. The molecule has 21 heavy (non-hydrogen) atoms. The Kier molecular flexibility index (Phi) is 3.63. The number of anilines is 1. The maximum Gasteiger partial charge on any atom is 0.416 e. The first-order valence-electron chi connectivity index (χ1n) is 5.79. The number of hydrogen-bond donors (Lipinski definition) is 1. The van der Waals surface area contributed by atoms with Gasteiger partial charge in [-0.1, -0.05) is 5.16 Å². The van der Waals surface area contributed by atoms with Gasteiger partial charge in [0.05, 0.1) is 5.56 Å². The highest BCUT2D eigenvalue weighted by atomic mass is 19.4. The molecule has 0 atom stereocenters. The predicted octanol–water partition coefficient (Wildman–Crippen LogP) is 3.12. The molecule has 5 nitrogen and oxygen atoms in total. The summed E-state index contributed by atoms with van der Waals surface area (Å²) in [7, 11) is 3.31. The van der Waals surface area contributed by atoms with Crippen molar-refractivity contribution in [3.63, 3.8) is 0 Å². The van der Waals surface area contributed by atoms with Gasteiger partial charge in [0.25, 0.3) is 0 Å². The molecule has 2 rings (SSSR count). The number of rotatable bonds is 3. The van der Waals surface area contributed by atoms with Crippen LogP contribution in [0.25, 0.3) is 11.3 Å². The molecule has 1 aromatic heterocycles. The van der Waals surface area contributed by atoms with Gasteiger partial charge in [-0.05, 0) is 18.2 Å². The summed E-state index contributed by atoms with van der Waals surface area (Å²) in [6.45, 7) is 0. The summed E-state index contributed by atoms with van der Waals surface area (Å²) in [5, 5.41) is 12.3. The number of carboxylic acids is 1. The number of alkyl halides is 3. The van der Waals surface area contributed by atoms with Crippen LogP contribution in [0.3, 0.4) is 0 Å². The van der Waals surface area contributed by atoms with Crippen molar-refractivity contribution in [2.24, 2.45) is 0 Å². The van der Waals surface area contributed by atoms with Gasteiger partial charge in [-0.15, -0.1) is 0 Å². The molecule has 0 aliphatic heterocycles. The van der Waals surface area contributed by atoms with Gasteiger partial charge in [0.15, 0.2) is 0 Å². The number of halogens is 3. The molecule has 0 aliphatic carbocycles. The van der Waals surface area contributed by atoms with E-state index in [0.717, 1.165) is 18.2 Å². The number of benzene rings is 1. The van der Waals surface area contributed by atoms with Crippen molar-refractivity contribution in [1.82, 2.24) is 5.16 Å². The van der Waals surface area contributed by atoms with E-state index in [4.69, 9.17) is 5.11 Å². The van der Waals surface area contributed by atoms with Crippen molar-refractivity contribution >= 4 is 11.7 Å². The number of carbonyl (C=O) groups is 1. The third-order valence-electron chi connectivity index (χ3n) is 2.80. The quantitative estimate of drug-likeness (QED) is 0.943. The van der Waals surface area contributed by atoms with E-state index in [1.165, 1.54) is 6.07 Å². The van der Waals surface area contributed by atoms with Gasteiger partial charge in [0.2, 0.25) is 5.76 Å². The molecule has 0 bridgehead atoms. The van der Waals surface area contributed by atoms with E-state index in [1.54, 1.807) is 19.0 Å². The van der Waals surface area contributed by atoms with Gasteiger partial charge in [-0.2, -0.15) is 13.2 Å². The van der Waals surface area contributed by atoms with Gasteiger partial charge in [-0.25, -0.2) is 4.79 Å². The summed E-state index contributed by atoms with van der Waals surface area (Å²) in [6, 6.07) is 4.26. The lowest BCUT2D eigenvalue weighted by molar-refractivity contribution is -0.137. The lowest BCUT2D eigenvalue weighted by Crippen LogP contribution is -2.12. The first kappa shape index (κ1) is 14.9. The summed E-state index contributed by atoms with van der Waals surface area (Å²) >= 11 is 0. The topological polar surface area (TPSA) is 66.6 Å². The summed E-state index contributed by atoms with van der Waals surface area (Å²) in [6.07, 6.45) is -4.50. The molecule has 0 saturated carbocycles. The van der Waals surface area contributed by atoms with Crippen molar-refractivity contribution in [2.75, 3.05) is 19.0 Å². The summed E-state index contributed by atoms with van der Waals surface area (Å²) in [5.41, 5.74) is -0.204. The van der Waals surface area contributed by atoms with Gasteiger partial charge in [-0.3, -0.25) is 0 Å². The molecule has 0 amide bonds. The molecule has 0 unspecified atom stereocenters. The van der Waals surface area contributed by atoms with Crippen molar-refractivity contribution < 1.29 is 27.6 Å². The highest BCUT2D eigenvalue weighted by molar-refractivity contribution is 5.87. The Bertz CT molecular complexity index is 678. The van der Waals surface area contributed by atoms with Crippen LogP contribution in [0.15, 0.2) is 28.8 Å². The van der Waals surface area contributed by atoms with Gasteiger partial charge < -0.3 is 14.5 Å². The molecule has 0 fully saturated rings. The lowest BCUT2D eigenvalue weighted by Gasteiger charge is -2.18. The Balaban J connectivity index is 2.60. The molecule has 1 heterocycles. The second-order valence-corrected chi connectivity index (χ2v) is 4.51. The van der Waals surface area contributed by atoms with Crippen LogP contribution < -0.4 is 4.90 Å². The van der Waals surface area contributed by atoms with Crippen LogP contribution in [0.2, 0.25) is 0 Å². The minimum Gasteiger partial charge on any atom is -0.475 e. The van der Waals surface area contributed by atoms with E-state index < -0.39 is 23.5 Å². The fraction of sp³-hybridized carbons (Fsp3) is 0.231. The smallest absolute Gasteiger partial charge is 0.416 e. The van der Waals surface area contributed by atoms with E-state index in [-0.39, 0.29) is 11.3 Å². The van der Waals surface area contributed by atoms with Crippen LogP contribution in [-0.2, 0) is 6.18 Å². The zero-order chi connectivity index (χ0) is 15.8. The third kappa shape index (κ3) is 2.99. The van der Waals surface area contributed by atoms with Crippen LogP contribution in [0.1, 0.15) is 16.1 Å². The summed E-state index contributed by atoms with van der Waals surface area (Å²) < 4.78 is 43.0. The van der Waals surface area contributed by atoms with Crippen molar-refractivity contribution in [1.29, 1.82) is 0 Å². The van der Waals surface area contributed by atoms with E-state index >= 15 is 0 Å². The average molecular weight is 300 g/mol. The number of carboxylic acid groups (broad SMARTS) is 1. The van der Waals surface area contributed by atoms with Crippen LogP contribution in [0, 0.1) is 0 Å². The number of nitrogens with zero attached hydrogens (tertiary/aromatic N) is 2. The van der Waals surface area contributed by atoms with Crippen molar-refractivity contribution in [3.05, 3.63) is 35.6 Å². The van der Waals surface area contributed by atoms with Crippen LogP contribution in [-0.4, -0.2) is 30.3 Å². The zero-order valence-electron chi connectivity index (χ0n) is 11.1. The van der Waals surface area contributed by atoms with E-state index in [9.17, 15) is 18.0 Å². The van der Waals surface area contributed by atoms with E-state index in [1.807, 2.05) is 0 Å². The minimum atomic E-state index is -4.50. The second-order valence-electron chi connectivity index (χ2n) is 4.51. The van der Waals surface area contributed by atoms with Crippen LogP contribution in [0.5, 0.6) is 0 Å². The highest BCUT2D eigenvalue weighted by Gasteiger charge is 2.31. The fourth-order valence-corrected chi connectivity index (χ4v) is 1.81. The first-order valence-corrected chi connectivity index (χ1v) is 5.79. The normalized spacial score (nSPS) is 11.5. The van der Waals surface area contributed by atoms with Gasteiger partial charge >= 0.3 is 12.1 Å². The van der Waals surface area contributed by atoms with Crippen LogP contribution >= 0.6 is 0 Å². The lowest BCUT2D eigenvalue weighted by atomic mass is 10.0. The maximum atomic E-state index is 12.8. The molecule has 0 radical (unpaired) electrons. The molecule has 0 spiro atoms. The molecular formula is C13H11F3N2O3. The standard InChI is InChI=1S/C13H11F3N2O3/c1-18(2)10-4-3-7(13(14,15)16)5-8(10)9-6-11(12(19)20)21-17-9/h3-6H,1-2H3,(H,19,20). The Hall–Kier alpha value is -2.51. The monoisotopic (exact) mass is 300 g/mol. The van der Waals surface area contributed by atoms with Crippen molar-refractivity contribution in [3.8, 4) is 11.3 Å². The van der Waals surface area contributed by atoms with Gasteiger partial charge in [0.1, 0.15) is 5.69 Å². The van der Waals surface area contributed by atoms with Crippen molar-refractivity contribution in [2.45, 2.75) is 6.18 Å². The Morgan fingerprint density at radius 2 is 1.95 bits per heavy atom.